The third kappa shape index (κ3) is 4.06. The molecule has 0 radical (unpaired) electrons. The van der Waals surface area contributed by atoms with Crippen LogP contribution in [0.25, 0.3) is 0 Å². The molecule has 19 heavy (non-hydrogen) atoms. The normalized spacial score (nSPS) is 18.8. The van der Waals surface area contributed by atoms with Crippen molar-refractivity contribution in [3.8, 4) is 0 Å². The molecule has 0 aromatic heterocycles. The zero-order valence-corrected chi connectivity index (χ0v) is 11.6. The van der Waals surface area contributed by atoms with Gasteiger partial charge in [0.2, 0.25) is 5.91 Å². The van der Waals surface area contributed by atoms with Crippen LogP contribution in [0.2, 0.25) is 0 Å². The van der Waals surface area contributed by atoms with Gasteiger partial charge in [-0.1, -0.05) is 18.6 Å². The number of carbonyl (C=O) groups is 2. The van der Waals surface area contributed by atoms with Gasteiger partial charge >= 0.3 is 5.97 Å². The Morgan fingerprint density at radius 2 is 2.16 bits per heavy atom. The lowest BCUT2D eigenvalue weighted by Gasteiger charge is -2.40. The predicted octanol–water partition coefficient (Wildman–Crippen LogP) is 1.73. The van der Waals surface area contributed by atoms with Gasteiger partial charge in [0.15, 0.2) is 0 Å². The molecule has 0 aliphatic heterocycles. The van der Waals surface area contributed by atoms with E-state index in [9.17, 15) is 9.59 Å². The summed E-state index contributed by atoms with van der Waals surface area (Å²) in [5.74, 6) is -1.14. The van der Waals surface area contributed by atoms with E-state index in [1.165, 1.54) is 0 Å². The first-order valence-corrected chi connectivity index (χ1v) is 6.69. The molecule has 1 aliphatic rings. The Morgan fingerprint density at radius 1 is 1.47 bits per heavy atom. The molecular formula is C14H23NO4. The molecule has 0 aromatic rings. The van der Waals surface area contributed by atoms with Crippen LogP contribution in [-0.4, -0.2) is 36.7 Å². The quantitative estimate of drug-likeness (QED) is 0.658. The zero-order chi connectivity index (χ0) is 14.3. The van der Waals surface area contributed by atoms with Crippen molar-refractivity contribution in [2.24, 2.45) is 5.41 Å². The summed E-state index contributed by atoms with van der Waals surface area (Å²) < 4.78 is 5.03. The van der Waals surface area contributed by atoms with Crippen molar-refractivity contribution in [3.63, 3.8) is 0 Å². The molecule has 2 N–H and O–H groups in total. The Morgan fingerprint density at radius 3 is 2.58 bits per heavy atom. The number of carboxylic acids is 1. The fourth-order valence-electron chi connectivity index (χ4n) is 2.30. The number of ether oxygens (including phenoxy) is 1. The van der Waals surface area contributed by atoms with E-state index < -0.39 is 17.4 Å². The molecule has 0 heterocycles. The second-order valence-electron chi connectivity index (χ2n) is 5.05. The van der Waals surface area contributed by atoms with Crippen molar-refractivity contribution in [1.82, 2.24) is 5.32 Å². The fraction of sp³-hybridized carbons (Fsp3) is 0.714. The van der Waals surface area contributed by atoms with Crippen molar-refractivity contribution >= 4 is 11.9 Å². The van der Waals surface area contributed by atoms with E-state index in [0.29, 0.717) is 19.4 Å². The van der Waals surface area contributed by atoms with Gasteiger partial charge in [-0.2, -0.15) is 0 Å². The standard InChI is InChI=1S/C14H23NO4/c1-3-4-6-11(12(16)17)15-13(18)14(7-5-8-14)9-10-19-2/h3-4,11H,5-10H2,1-2H3,(H,15,18)(H,16,17)/b4-3+. The molecule has 0 bridgehead atoms. The molecule has 1 aliphatic carbocycles. The lowest BCUT2D eigenvalue weighted by atomic mass is 9.66. The Bertz CT molecular complexity index is 347. The van der Waals surface area contributed by atoms with Gasteiger partial charge in [-0.15, -0.1) is 0 Å². The van der Waals surface area contributed by atoms with Crippen LogP contribution in [0.5, 0.6) is 0 Å². The summed E-state index contributed by atoms with van der Waals surface area (Å²) in [4.78, 5) is 23.4. The number of methoxy groups -OCH3 is 1. The Hall–Kier alpha value is -1.36. The first-order chi connectivity index (χ1) is 9.05. The van der Waals surface area contributed by atoms with E-state index in [1.54, 1.807) is 19.3 Å². The monoisotopic (exact) mass is 269 g/mol. The number of allylic oxidation sites excluding steroid dienone is 1. The van der Waals surface area contributed by atoms with Gasteiger partial charge in [0, 0.05) is 13.7 Å². The lowest BCUT2D eigenvalue weighted by Crippen LogP contribution is -2.51. The minimum atomic E-state index is -0.993. The number of amides is 1. The highest BCUT2D eigenvalue weighted by Crippen LogP contribution is 2.44. The second kappa shape index (κ2) is 7.28. The number of aliphatic carboxylic acids is 1. The van der Waals surface area contributed by atoms with Crippen LogP contribution < -0.4 is 5.32 Å². The van der Waals surface area contributed by atoms with Crippen molar-refractivity contribution in [2.45, 2.75) is 45.1 Å². The van der Waals surface area contributed by atoms with E-state index >= 15 is 0 Å². The van der Waals surface area contributed by atoms with Gasteiger partial charge in [-0.25, -0.2) is 4.79 Å². The molecule has 5 nitrogen and oxygen atoms in total. The number of carboxylic acid groups (broad SMARTS) is 1. The van der Waals surface area contributed by atoms with E-state index in [2.05, 4.69) is 5.32 Å². The highest BCUT2D eigenvalue weighted by atomic mass is 16.5. The third-order valence-electron chi connectivity index (χ3n) is 3.79. The van der Waals surface area contributed by atoms with Crippen LogP contribution >= 0.6 is 0 Å². The van der Waals surface area contributed by atoms with E-state index in [4.69, 9.17) is 9.84 Å². The summed E-state index contributed by atoms with van der Waals surface area (Å²) in [5.41, 5.74) is -0.417. The number of hydrogen-bond acceptors (Lipinski definition) is 3. The number of hydrogen-bond donors (Lipinski definition) is 2. The summed E-state index contributed by atoms with van der Waals surface area (Å²) in [5, 5.41) is 11.8. The summed E-state index contributed by atoms with van der Waals surface area (Å²) in [6.07, 6.45) is 7.16. The Balaban J connectivity index is 2.61. The van der Waals surface area contributed by atoms with Crippen LogP contribution in [0.4, 0.5) is 0 Å². The van der Waals surface area contributed by atoms with Gasteiger partial charge < -0.3 is 15.2 Å². The maximum absolute atomic E-state index is 12.3. The van der Waals surface area contributed by atoms with Crippen LogP contribution in [-0.2, 0) is 14.3 Å². The highest BCUT2D eigenvalue weighted by Gasteiger charge is 2.44. The Labute approximate surface area is 114 Å². The smallest absolute Gasteiger partial charge is 0.326 e. The van der Waals surface area contributed by atoms with Gasteiger partial charge in [0.05, 0.1) is 5.41 Å². The van der Waals surface area contributed by atoms with Gasteiger partial charge in [0.1, 0.15) is 6.04 Å². The molecule has 5 heteroatoms. The fourth-order valence-corrected chi connectivity index (χ4v) is 2.30. The second-order valence-corrected chi connectivity index (χ2v) is 5.05. The third-order valence-corrected chi connectivity index (χ3v) is 3.79. The van der Waals surface area contributed by atoms with Crippen LogP contribution in [0.1, 0.15) is 39.0 Å². The first-order valence-electron chi connectivity index (χ1n) is 6.69. The average Bonchev–Trinajstić information content (AvgIpc) is 2.32. The van der Waals surface area contributed by atoms with E-state index in [0.717, 1.165) is 19.3 Å². The highest BCUT2D eigenvalue weighted by molar-refractivity contribution is 5.88. The molecule has 108 valence electrons. The molecular weight excluding hydrogens is 246 g/mol. The minimum Gasteiger partial charge on any atom is -0.480 e. The molecule has 0 aromatic carbocycles. The molecule has 1 atom stereocenters. The minimum absolute atomic E-state index is 0.146. The zero-order valence-electron chi connectivity index (χ0n) is 11.6. The first kappa shape index (κ1) is 15.7. The van der Waals surface area contributed by atoms with Crippen LogP contribution in [0.15, 0.2) is 12.2 Å². The molecule has 0 saturated heterocycles. The van der Waals surface area contributed by atoms with Crippen LogP contribution in [0, 0.1) is 5.41 Å². The molecule has 0 spiro atoms. The maximum atomic E-state index is 12.3. The van der Waals surface area contributed by atoms with Crippen LogP contribution in [0.3, 0.4) is 0 Å². The van der Waals surface area contributed by atoms with E-state index in [-0.39, 0.29) is 5.91 Å². The van der Waals surface area contributed by atoms with Gasteiger partial charge in [0.25, 0.3) is 0 Å². The summed E-state index contributed by atoms with van der Waals surface area (Å²) in [6.45, 7) is 2.35. The van der Waals surface area contributed by atoms with Gasteiger partial charge in [-0.3, -0.25) is 4.79 Å². The molecule has 1 unspecified atom stereocenters. The average molecular weight is 269 g/mol. The Kier molecular flexibility index (Phi) is 6.02. The molecule has 1 amide bonds. The SMILES string of the molecule is C/C=C/CC(NC(=O)C1(CCOC)CCC1)C(=O)O. The molecule has 1 saturated carbocycles. The summed E-state index contributed by atoms with van der Waals surface area (Å²) in [6, 6.07) is -0.844. The number of nitrogens with one attached hydrogen (secondary N) is 1. The summed E-state index contributed by atoms with van der Waals surface area (Å²) in [7, 11) is 1.61. The largest absolute Gasteiger partial charge is 0.480 e. The molecule has 1 fully saturated rings. The predicted molar refractivity (Wildman–Crippen MR) is 71.8 cm³/mol. The van der Waals surface area contributed by atoms with Crippen molar-refractivity contribution < 1.29 is 19.4 Å². The van der Waals surface area contributed by atoms with Gasteiger partial charge in [-0.05, 0) is 32.6 Å². The van der Waals surface area contributed by atoms with Crippen molar-refractivity contribution in [3.05, 3.63) is 12.2 Å². The topological polar surface area (TPSA) is 75.6 Å². The van der Waals surface area contributed by atoms with Crippen molar-refractivity contribution in [2.75, 3.05) is 13.7 Å². The van der Waals surface area contributed by atoms with Crippen molar-refractivity contribution in [1.29, 1.82) is 0 Å². The maximum Gasteiger partial charge on any atom is 0.326 e. The number of carbonyl (C=O) groups excluding carboxylic acids is 1. The van der Waals surface area contributed by atoms with E-state index in [1.807, 2.05) is 6.92 Å². The summed E-state index contributed by atoms with van der Waals surface area (Å²) >= 11 is 0. The lowest BCUT2D eigenvalue weighted by molar-refractivity contribution is -0.146. The number of rotatable bonds is 8. The molecule has 1 rings (SSSR count).